The van der Waals surface area contributed by atoms with Crippen LogP contribution in [0.15, 0.2) is 6.07 Å². The maximum absolute atomic E-state index is 5.66. The molecule has 1 aromatic rings. The summed E-state index contributed by atoms with van der Waals surface area (Å²) in [5.74, 6) is 1.58. The van der Waals surface area contributed by atoms with Crippen LogP contribution < -0.4 is 10.6 Å². The minimum atomic E-state index is 0.379. The van der Waals surface area contributed by atoms with Crippen molar-refractivity contribution in [3.63, 3.8) is 0 Å². The molecule has 0 fully saturated rings. The molecular weight excluding hydrogens is 164 g/mol. The van der Waals surface area contributed by atoms with E-state index in [2.05, 4.69) is 23.8 Å². The number of anilines is 2. The highest BCUT2D eigenvalue weighted by molar-refractivity contribution is 5.40. The van der Waals surface area contributed by atoms with E-state index in [4.69, 9.17) is 5.73 Å². The van der Waals surface area contributed by atoms with Gasteiger partial charge < -0.3 is 10.6 Å². The van der Waals surface area contributed by atoms with Gasteiger partial charge in [0.1, 0.15) is 5.82 Å². The Hall–Kier alpha value is -1.32. The van der Waals surface area contributed by atoms with Crippen LogP contribution in [0.3, 0.4) is 0 Å². The van der Waals surface area contributed by atoms with E-state index < -0.39 is 0 Å². The third-order valence-electron chi connectivity index (χ3n) is 1.75. The number of hydrogen-bond acceptors (Lipinski definition) is 4. The Kier molecular flexibility index (Phi) is 2.70. The topological polar surface area (TPSA) is 55.0 Å². The zero-order valence-electron chi connectivity index (χ0n) is 8.57. The zero-order valence-corrected chi connectivity index (χ0v) is 8.57. The second kappa shape index (κ2) is 3.60. The summed E-state index contributed by atoms with van der Waals surface area (Å²) in [6.07, 6.45) is 0. The lowest BCUT2D eigenvalue weighted by Crippen LogP contribution is -2.15. The molecule has 0 atom stereocenters. The fourth-order valence-electron chi connectivity index (χ4n) is 0.968. The van der Waals surface area contributed by atoms with E-state index in [0.29, 0.717) is 17.7 Å². The summed E-state index contributed by atoms with van der Waals surface area (Å²) in [5, 5.41) is 0. The summed E-state index contributed by atoms with van der Waals surface area (Å²) in [5.41, 5.74) is 6.64. The van der Waals surface area contributed by atoms with Crippen LogP contribution in [0.25, 0.3) is 0 Å². The first-order chi connectivity index (χ1) is 6.00. The first-order valence-corrected chi connectivity index (χ1v) is 4.32. The minimum absolute atomic E-state index is 0.379. The van der Waals surface area contributed by atoms with Gasteiger partial charge in [-0.05, 0) is 5.92 Å². The zero-order chi connectivity index (χ0) is 10.0. The Morgan fingerprint density at radius 3 is 2.38 bits per heavy atom. The Morgan fingerprint density at radius 1 is 1.31 bits per heavy atom. The van der Waals surface area contributed by atoms with E-state index >= 15 is 0 Å². The van der Waals surface area contributed by atoms with Crippen molar-refractivity contribution in [3.05, 3.63) is 11.8 Å². The molecule has 0 amide bonds. The molecule has 0 aliphatic carbocycles. The van der Waals surface area contributed by atoms with E-state index in [1.54, 1.807) is 0 Å². The molecule has 0 unspecified atom stereocenters. The SMILES string of the molecule is CC(C)c1cc(N)nc(N(C)C)n1. The van der Waals surface area contributed by atoms with Crippen LogP contribution in [-0.4, -0.2) is 24.1 Å². The van der Waals surface area contributed by atoms with Crippen LogP contribution in [0.2, 0.25) is 0 Å². The molecular formula is C9H16N4. The minimum Gasteiger partial charge on any atom is -0.384 e. The normalized spacial score (nSPS) is 10.5. The number of nitrogen functional groups attached to an aromatic ring is 1. The van der Waals surface area contributed by atoms with Crippen molar-refractivity contribution in [1.29, 1.82) is 0 Å². The lowest BCUT2D eigenvalue weighted by atomic mass is 10.1. The molecule has 0 saturated heterocycles. The monoisotopic (exact) mass is 180 g/mol. The Morgan fingerprint density at radius 2 is 1.92 bits per heavy atom. The summed E-state index contributed by atoms with van der Waals surface area (Å²) in [4.78, 5) is 10.3. The van der Waals surface area contributed by atoms with Gasteiger partial charge in [-0.25, -0.2) is 4.98 Å². The van der Waals surface area contributed by atoms with Crippen LogP contribution in [0.4, 0.5) is 11.8 Å². The van der Waals surface area contributed by atoms with Crippen LogP contribution in [-0.2, 0) is 0 Å². The van der Waals surface area contributed by atoms with Crippen molar-refractivity contribution in [3.8, 4) is 0 Å². The Labute approximate surface area is 78.8 Å². The van der Waals surface area contributed by atoms with Crippen LogP contribution in [0, 0.1) is 0 Å². The highest BCUT2D eigenvalue weighted by Gasteiger charge is 2.06. The van der Waals surface area contributed by atoms with Crippen LogP contribution in [0.5, 0.6) is 0 Å². The smallest absolute Gasteiger partial charge is 0.227 e. The molecule has 0 saturated carbocycles. The Bertz CT molecular complexity index is 267. The van der Waals surface area contributed by atoms with E-state index in [0.717, 1.165) is 5.69 Å². The van der Waals surface area contributed by atoms with Crippen molar-refractivity contribution in [1.82, 2.24) is 9.97 Å². The number of hydrogen-bond donors (Lipinski definition) is 1. The first kappa shape index (κ1) is 9.77. The average Bonchev–Trinajstić information content (AvgIpc) is 2.03. The summed E-state index contributed by atoms with van der Waals surface area (Å²) in [7, 11) is 3.80. The molecule has 0 aromatic carbocycles. The fourth-order valence-corrected chi connectivity index (χ4v) is 0.968. The van der Waals surface area contributed by atoms with E-state index in [-0.39, 0.29) is 0 Å². The van der Waals surface area contributed by atoms with E-state index in [1.165, 1.54) is 0 Å². The highest BCUT2D eigenvalue weighted by Crippen LogP contribution is 2.16. The van der Waals surface area contributed by atoms with Crippen molar-refractivity contribution < 1.29 is 0 Å². The molecule has 0 radical (unpaired) electrons. The predicted molar refractivity (Wildman–Crippen MR) is 54.9 cm³/mol. The molecule has 1 heterocycles. The van der Waals surface area contributed by atoms with Gasteiger partial charge in [0.25, 0.3) is 0 Å². The maximum Gasteiger partial charge on any atom is 0.227 e. The molecule has 1 aromatic heterocycles. The van der Waals surface area contributed by atoms with Gasteiger partial charge in [0.2, 0.25) is 5.95 Å². The molecule has 0 bridgehead atoms. The van der Waals surface area contributed by atoms with Gasteiger partial charge in [-0.1, -0.05) is 13.8 Å². The van der Waals surface area contributed by atoms with Crippen molar-refractivity contribution in [2.24, 2.45) is 0 Å². The number of rotatable bonds is 2. The molecule has 2 N–H and O–H groups in total. The molecule has 0 aliphatic rings. The first-order valence-electron chi connectivity index (χ1n) is 4.32. The van der Waals surface area contributed by atoms with Crippen LogP contribution in [0.1, 0.15) is 25.5 Å². The van der Waals surface area contributed by atoms with E-state index in [9.17, 15) is 0 Å². The quantitative estimate of drug-likeness (QED) is 0.744. The van der Waals surface area contributed by atoms with Crippen LogP contribution >= 0.6 is 0 Å². The van der Waals surface area contributed by atoms with Gasteiger partial charge in [-0.3, -0.25) is 0 Å². The van der Waals surface area contributed by atoms with E-state index in [1.807, 2.05) is 25.1 Å². The molecule has 1 rings (SSSR count). The summed E-state index contributed by atoms with van der Waals surface area (Å²) in [6.45, 7) is 4.17. The molecule has 72 valence electrons. The standard InChI is InChI=1S/C9H16N4/c1-6(2)7-5-8(10)12-9(11-7)13(3)4/h5-6H,1-4H3,(H2,10,11,12). The highest BCUT2D eigenvalue weighted by atomic mass is 15.2. The molecule has 4 heteroatoms. The maximum atomic E-state index is 5.66. The largest absolute Gasteiger partial charge is 0.384 e. The molecule has 13 heavy (non-hydrogen) atoms. The lowest BCUT2D eigenvalue weighted by Gasteiger charge is -2.13. The number of aromatic nitrogens is 2. The second-order valence-electron chi connectivity index (χ2n) is 3.57. The molecule has 4 nitrogen and oxygen atoms in total. The number of nitrogens with zero attached hydrogens (tertiary/aromatic N) is 3. The average molecular weight is 180 g/mol. The van der Waals surface area contributed by atoms with Gasteiger partial charge in [0.05, 0.1) is 5.69 Å². The third-order valence-corrected chi connectivity index (χ3v) is 1.75. The Balaban J connectivity index is 3.11. The van der Waals surface area contributed by atoms with Gasteiger partial charge in [-0.2, -0.15) is 4.98 Å². The third kappa shape index (κ3) is 2.31. The van der Waals surface area contributed by atoms with Crippen molar-refractivity contribution in [2.45, 2.75) is 19.8 Å². The fraction of sp³-hybridized carbons (Fsp3) is 0.556. The number of nitrogens with two attached hydrogens (primary N) is 1. The van der Waals surface area contributed by atoms with Crippen molar-refractivity contribution in [2.75, 3.05) is 24.7 Å². The van der Waals surface area contributed by atoms with Gasteiger partial charge in [0, 0.05) is 20.2 Å². The molecule has 0 aliphatic heterocycles. The summed E-state index contributed by atoms with van der Waals surface area (Å²) < 4.78 is 0. The van der Waals surface area contributed by atoms with Gasteiger partial charge in [0.15, 0.2) is 0 Å². The predicted octanol–water partition coefficient (Wildman–Crippen LogP) is 1.25. The molecule has 0 spiro atoms. The van der Waals surface area contributed by atoms with Gasteiger partial charge in [-0.15, -0.1) is 0 Å². The van der Waals surface area contributed by atoms with Crippen molar-refractivity contribution >= 4 is 11.8 Å². The summed E-state index contributed by atoms with van der Waals surface area (Å²) in [6, 6.07) is 1.82. The van der Waals surface area contributed by atoms with Gasteiger partial charge >= 0.3 is 0 Å². The lowest BCUT2D eigenvalue weighted by molar-refractivity contribution is 0.808. The second-order valence-corrected chi connectivity index (χ2v) is 3.57. The summed E-state index contributed by atoms with van der Waals surface area (Å²) >= 11 is 0.